The minimum atomic E-state index is -4.46. The third-order valence-electron chi connectivity index (χ3n) is 10.0. The van der Waals surface area contributed by atoms with E-state index in [9.17, 15) is 26.4 Å². The molecule has 2 aliphatic carbocycles. The molecule has 1 aliphatic heterocycles. The van der Waals surface area contributed by atoms with Gasteiger partial charge >= 0.3 is 6.18 Å². The van der Waals surface area contributed by atoms with Gasteiger partial charge in [0.1, 0.15) is 6.61 Å². The summed E-state index contributed by atoms with van der Waals surface area (Å²) >= 11 is 0. The topological polar surface area (TPSA) is 123 Å². The Bertz CT molecular complexity index is 1770. The molecule has 0 unspecified atom stereocenters. The standard InChI is InChI=1S/C35H42F3N5O5S/c1-22-6-4-7-23(2)31(22)29-19-30-41-33(40-29)42-49(45,46)28-9-5-8-24(18-28)32(44)43(26-12-10-25(11-13-26)39-16-17-47-3)27(21-48-30)20-34(14-15-34)35(36,37)38/h4-9,18-19,25-27,39H,10-17,20-21H2,1-3H3,(H,40,41,42)/t25?,26?,27-/m1/s1. The number of carbonyl (C=O) groups excluding carboxylic acids is 1. The number of methoxy groups -OCH3 is 1. The summed E-state index contributed by atoms with van der Waals surface area (Å²) in [4.78, 5) is 24.7. The first-order valence-electron chi connectivity index (χ1n) is 16.6. The second-order valence-electron chi connectivity index (χ2n) is 13.4. The third kappa shape index (κ3) is 7.56. The highest BCUT2D eigenvalue weighted by Gasteiger charge is 2.64. The number of ether oxygens (including phenoxy) is 2. The van der Waals surface area contributed by atoms with E-state index in [1.165, 1.54) is 24.3 Å². The summed E-state index contributed by atoms with van der Waals surface area (Å²) in [6.45, 7) is 4.74. The van der Waals surface area contributed by atoms with E-state index in [4.69, 9.17) is 9.47 Å². The van der Waals surface area contributed by atoms with Crippen molar-refractivity contribution in [2.45, 2.75) is 88.0 Å². The summed E-state index contributed by atoms with van der Waals surface area (Å²) in [6, 6.07) is 11.6. The van der Waals surface area contributed by atoms with Crippen LogP contribution in [0, 0.1) is 19.3 Å². The lowest BCUT2D eigenvalue weighted by Gasteiger charge is -2.43. The van der Waals surface area contributed by atoms with Crippen molar-refractivity contribution in [2.24, 2.45) is 5.41 Å². The Labute approximate surface area is 284 Å². The SMILES string of the molecule is COCCNC1CCC(N2C(=O)c3cccc(c3)S(=O)(=O)Nc3nc(cc(-c4c(C)cccc4C)n3)OC[C@H]2CC2(C(F)(F)F)CC2)CC1. The van der Waals surface area contributed by atoms with Crippen LogP contribution in [0.5, 0.6) is 5.88 Å². The summed E-state index contributed by atoms with van der Waals surface area (Å²) in [5, 5.41) is 3.45. The molecule has 1 atom stereocenters. The molecule has 1 amide bonds. The van der Waals surface area contributed by atoms with Gasteiger partial charge in [-0.1, -0.05) is 24.3 Å². The maximum absolute atomic E-state index is 14.5. The average molecular weight is 702 g/mol. The van der Waals surface area contributed by atoms with E-state index in [-0.39, 0.29) is 60.2 Å². The lowest BCUT2D eigenvalue weighted by Crippen LogP contribution is -2.53. The van der Waals surface area contributed by atoms with Crippen LogP contribution < -0.4 is 14.8 Å². The molecule has 2 fully saturated rings. The highest BCUT2D eigenvalue weighted by Crippen LogP contribution is 2.61. The maximum atomic E-state index is 14.5. The number of benzene rings is 2. The van der Waals surface area contributed by atoms with Gasteiger partial charge in [0.2, 0.25) is 11.8 Å². The van der Waals surface area contributed by atoms with Gasteiger partial charge in [0.05, 0.1) is 28.7 Å². The van der Waals surface area contributed by atoms with Crippen molar-refractivity contribution in [3.8, 4) is 17.1 Å². The number of alkyl halides is 3. The molecule has 10 nitrogen and oxygen atoms in total. The number of anilines is 1. The van der Waals surface area contributed by atoms with E-state index >= 15 is 0 Å². The number of sulfonamides is 1. The van der Waals surface area contributed by atoms with Crippen LogP contribution in [0.15, 0.2) is 53.4 Å². The number of hydrogen-bond donors (Lipinski definition) is 2. The Morgan fingerprint density at radius 3 is 2.39 bits per heavy atom. The molecule has 0 spiro atoms. The number of carbonyl (C=O) groups is 1. The zero-order chi connectivity index (χ0) is 35.0. The molecule has 1 aromatic heterocycles. The summed E-state index contributed by atoms with van der Waals surface area (Å²) in [5.41, 5.74) is 1.03. The van der Waals surface area contributed by atoms with E-state index in [0.29, 0.717) is 44.5 Å². The molecule has 2 saturated carbocycles. The summed E-state index contributed by atoms with van der Waals surface area (Å²) in [5.74, 6) is -0.808. The monoisotopic (exact) mass is 701 g/mol. The zero-order valence-electron chi connectivity index (χ0n) is 27.8. The normalized spacial score (nSPS) is 23.3. The molecule has 2 N–H and O–H groups in total. The molecule has 4 bridgehead atoms. The van der Waals surface area contributed by atoms with Crippen LogP contribution in [0.4, 0.5) is 19.1 Å². The van der Waals surface area contributed by atoms with Crippen molar-refractivity contribution in [1.29, 1.82) is 0 Å². The lowest BCUT2D eigenvalue weighted by molar-refractivity contribution is -0.193. The number of aryl methyl sites for hydroxylation is 2. The van der Waals surface area contributed by atoms with Crippen LogP contribution in [0.1, 0.15) is 66.4 Å². The second-order valence-corrected chi connectivity index (χ2v) is 15.1. The number of nitrogens with one attached hydrogen (secondary N) is 2. The van der Waals surface area contributed by atoms with E-state index in [2.05, 4.69) is 20.0 Å². The maximum Gasteiger partial charge on any atom is 0.394 e. The Kier molecular flexibility index (Phi) is 9.93. The average Bonchev–Trinajstić information content (AvgIpc) is 3.85. The minimum absolute atomic E-state index is 0.0170. The van der Waals surface area contributed by atoms with Gasteiger partial charge in [-0.2, -0.15) is 18.2 Å². The molecule has 2 heterocycles. The number of nitrogens with zero attached hydrogens (tertiary/aromatic N) is 3. The molecule has 2 aromatic carbocycles. The zero-order valence-corrected chi connectivity index (χ0v) is 28.7. The van der Waals surface area contributed by atoms with Crippen molar-refractivity contribution in [2.75, 3.05) is 31.6 Å². The number of hydrogen-bond acceptors (Lipinski definition) is 8. The van der Waals surface area contributed by atoms with Crippen LogP contribution in [0.2, 0.25) is 0 Å². The van der Waals surface area contributed by atoms with Crippen LogP contribution in [-0.4, -0.2) is 80.4 Å². The fourth-order valence-corrected chi connectivity index (χ4v) is 8.18. The summed E-state index contributed by atoms with van der Waals surface area (Å²) in [6.07, 6.45) is -2.33. The van der Waals surface area contributed by atoms with Gasteiger partial charge in [-0.25, -0.2) is 18.1 Å². The van der Waals surface area contributed by atoms with Crippen molar-refractivity contribution < 1.29 is 35.9 Å². The van der Waals surface area contributed by atoms with Crippen molar-refractivity contribution in [1.82, 2.24) is 20.2 Å². The molecule has 264 valence electrons. The largest absolute Gasteiger partial charge is 0.475 e. The Balaban J connectivity index is 1.44. The first-order valence-corrected chi connectivity index (χ1v) is 18.1. The van der Waals surface area contributed by atoms with Crippen molar-refractivity contribution in [3.05, 3.63) is 65.2 Å². The number of aromatic nitrogens is 2. The van der Waals surface area contributed by atoms with Crippen molar-refractivity contribution >= 4 is 21.9 Å². The number of halogens is 3. The number of rotatable bonds is 8. The van der Waals surface area contributed by atoms with Gasteiger partial charge in [0, 0.05) is 42.9 Å². The highest BCUT2D eigenvalue weighted by molar-refractivity contribution is 7.92. The third-order valence-corrected chi connectivity index (χ3v) is 11.3. The first-order chi connectivity index (χ1) is 23.3. The van der Waals surface area contributed by atoms with Crippen LogP contribution in [-0.2, 0) is 14.8 Å². The summed E-state index contributed by atoms with van der Waals surface area (Å²) < 4.78 is 84.6. The minimum Gasteiger partial charge on any atom is -0.475 e. The van der Waals surface area contributed by atoms with Gasteiger partial charge in [0.15, 0.2) is 0 Å². The molecular weight excluding hydrogens is 659 g/mol. The van der Waals surface area contributed by atoms with Gasteiger partial charge in [0.25, 0.3) is 15.9 Å². The molecule has 14 heteroatoms. The van der Waals surface area contributed by atoms with Gasteiger partial charge in [-0.05, 0) is 88.1 Å². The quantitative estimate of drug-likeness (QED) is 0.273. The second kappa shape index (κ2) is 13.9. The predicted molar refractivity (Wildman–Crippen MR) is 178 cm³/mol. The molecule has 0 saturated heterocycles. The van der Waals surface area contributed by atoms with E-state index < -0.39 is 33.6 Å². The molecule has 3 aromatic rings. The smallest absolute Gasteiger partial charge is 0.394 e. The number of fused-ring (bicyclic) bond motifs is 4. The Hall–Kier alpha value is -3.75. The fraction of sp³-hybridized carbons (Fsp3) is 0.514. The van der Waals surface area contributed by atoms with Gasteiger partial charge in [-0.15, -0.1) is 0 Å². The van der Waals surface area contributed by atoms with Gasteiger partial charge in [-0.3, -0.25) is 4.79 Å². The molecule has 3 aliphatic rings. The highest BCUT2D eigenvalue weighted by atomic mass is 32.2. The van der Waals surface area contributed by atoms with Gasteiger partial charge < -0.3 is 19.7 Å². The molecule has 49 heavy (non-hydrogen) atoms. The van der Waals surface area contributed by atoms with Crippen LogP contribution in [0.25, 0.3) is 11.3 Å². The number of amides is 1. The molecule has 0 radical (unpaired) electrons. The van der Waals surface area contributed by atoms with E-state index in [1.807, 2.05) is 32.0 Å². The fourth-order valence-electron chi connectivity index (χ4n) is 7.19. The molecule has 6 rings (SSSR count). The summed E-state index contributed by atoms with van der Waals surface area (Å²) in [7, 11) is -2.66. The lowest BCUT2D eigenvalue weighted by atomic mass is 9.87. The van der Waals surface area contributed by atoms with Crippen molar-refractivity contribution in [3.63, 3.8) is 0 Å². The predicted octanol–water partition coefficient (Wildman–Crippen LogP) is 6.04. The van der Waals surface area contributed by atoms with Crippen LogP contribution >= 0.6 is 0 Å². The Morgan fingerprint density at radius 2 is 1.73 bits per heavy atom. The molecular formula is C35H42F3N5O5S. The Morgan fingerprint density at radius 1 is 1.04 bits per heavy atom. The first kappa shape index (κ1) is 35.1. The van der Waals surface area contributed by atoms with E-state index in [0.717, 1.165) is 16.7 Å². The van der Waals surface area contributed by atoms with E-state index in [1.54, 1.807) is 18.1 Å². The van der Waals surface area contributed by atoms with Crippen LogP contribution in [0.3, 0.4) is 0 Å².